The smallest absolute Gasteiger partial charge is 0.0678 e. The molecule has 0 saturated heterocycles. The summed E-state index contributed by atoms with van der Waals surface area (Å²) in [6, 6.07) is 6.20. The van der Waals surface area contributed by atoms with Gasteiger partial charge in [-0.15, -0.1) is 6.58 Å². The maximum Gasteiger partial charge on any atom is 0.0678 e. The zero-order chi connectivity index (χ0) is 9.68. The average molecular weight is 176 g/mol. The Hall–Kier alpha value is -1.15. The van der Waals surface area contributed by atoms with E-state index < -0.39 is 0 Å². The van der Waals surface area contributed by atoms with Crippen LogP contribution in [-0.4, -0.2) is 11.5 Å². The lowest BCUT2D eigenvalue weighted by Gasteiger charge is -2.12. The quantitative estimate of drug-likeness (QED) is 0.711. The van der Waals surface area contributed by atoms with Gasteiger partial charge in [-0.3, -0.25) is 4.98 Å². The van der Waals surface area contributed by atoms with Gasteiger partial charge < -0.3 is 5.32 Å². The highest BCUT2D eigenvalue weighted by Gasteiger charge is 2.05. The molecule has 0 radical (unpaired) electrons. The van der Waals surface area contributed by atoms with Crippen molar-refractivity contribution in [3.63, 3.8) is 0 Å². The van der Waals surface area contributed by atoms with Crippen LogP contribution in [-0.2, 0) is 0 Å². The molecule has 0 aromatic carbocycles. The van der Waals surface area contributed by atoms with Crippen molar-refractivity contribution in [3.8, 4) is 0 Å². The second-order valence-electron chi connectivity index (χ2n) is 2.97. The zero-order valence-corrected chi connectivity index (χ0v) is 8.25. The van der Waals surface area contributed by atoms with Gasteiger partial charge in [-0.2, -0.15) is 0 Å². The Bertz CT molecular complexity index is 281. The molecule has 1 heterocycles. The van der Waals surface area contributed by atoms with Crippen molar-refractivity contribution in [1.82, 2.24) is 10.3 Å². The minimum absolute atomic E-state index is 0.171. The number of rotatable bonds is 4. The van der Waals surface area contributed by atoms with Crippen molar-refractivity contribution < 1.29 is 0 Å². The highest BCUT2D eigenvalue weighted by molar-refractivity contribution is 5.16. The monoisotopic (exact) mass is 176 g/mol. The first-order chi connectivity index (χ1) is 6.27. The lowest BCUT2D eigenvalue weighted by Crippen LogP contribution is -2.19. The Morgan fingerprint density at radius 2 is 2.38 bits per heavy atom. The number of pyridine rings is 1. The molecule has 1 unspecified atom stereocenters. The van der Waals surface area contributed by atoms with Crippen LogP contribution in [0, 0.1) is 6.92 Å². The van der Waals surface area contributed by atoms with Gasteiger partial charge in [0.15, 0.2) is 0 Å². The molecule has 1 N–H and O–H groups in total. The Morgan fingerprint density at radius 1 is 1.62 bits per heavy atom. The Labute approximate surface area is 79.7 Å². The maximum atomic E-state index is 4.43. The Balaban J connectivity index is 2.84. The predicted octanol–water partition coefficient (Wildman–Crippen LogP) is 2.23. The van der Waals surface area contributed by atoms with E-state index >= 15 is 0 Å². The van der Waals surface area contributed by atoms with Crippen LogP contribution in [0.3, 0.4) is 0 Å². The second kappa shape index (κ2) is 4.77. The van der Waals surface area contributed by atoms with Gasteiger partial charge in [0.1, 0.15) is 0 Å². The summed E-state index contributed by atoms with van der Waals surface area (Å²) in [6.07, 6.45) is 1.88. The topological polar surface area (TPSA) is 24.9 Å². The van der Waals surface area contributed by atoms with Gasteiger partial charge in [0.25, 0.3) is 0 Å². The third-order valence-electron chi connectivity index (χ3n) is 1.89. The normalized spacial score (nSPS) is 12.5. The molecule has 13 heavy (non-hydrogen) atoms. The largest absolute Gasteiger partial charge is 0.306 e. The van der Waals surface area contributed by atoms with Gasteiger partial charge in [-0.1, -0.05) is 19.1 Å². The van der Waals surface area contributed by atoms with Crippen LogP contribution >= 0.6 is 0 Å². The summed E-state index contributed by atoms with van der Waals surface area (Å²) in [5.74, 6) is 0. The summed E-state index contributed by atoms with van der Waals surface area (Å²) in [4.78, 5) is 4.43. The van der Waals surface area contributed by atoms with Crippen molar-refractivity contribution in [2.75, 3.05) is 6.54 Å². The van der Waals surface area contributed by atoms with Crippen LogP contribution in [0.1, 0.15) is 24.4 Å². The fraction of sp³-hybridized carbons (Fsp3) is 0.364. The molecule has 0 bridgehead atoms. The molecule has 70 valence electrons. The molecule has 0 fully saturated rings. The number of nitrogens with zero attached hydrogens (tertiary/aromatic N) is 1. The first-order valence-corrected chi connectivity index (χ1v) is 4.57. The standard InChI is InChI=1S/C11H16N2/c1-4-10(12-5-2)11-8-6-7-9(3)13-11/h4,6-8,10,12H,1,5H2,2-3H3. The lowest BCUT2D eigenvalue weighted by atomic mass is 10.2. The Kier molecular flexibility index (Phi) is 3.65. The third kappa shape index (κ3) is 2.67. The highest BCUT2D eigenvalue weighted by Crippen LogP contribution is 2.10. The van der Waals surface area contributed by atoms with E-state index in [1.54, 1.807) is 0 Å². The first kappa shape index (κ1) is 9.93. The molecular formula is C11H16N2. The first-order valence-electron chi connectivity index (χ1n) is 4.57. The van der Waals surface area contributed by atoms with Crippen molar-refractivity contribution in [2.45, 2.75) is 19.9 Å². The van der Waals surface area contributed by atoms with Gasteiger partial charge in [-0.05, 0) is 25.6 Å². The van der Waals surface area contributed by atoms with Crippen LogP contribution in [0.4, 0.5) is 0 Å². The SMILES string of the molecule is C=CC(NCC)c1cccc(C)n1. The van der Waals surface area contributed by atoms with Gasteiger partial charge in [0.2, 0.25) is 0 Å². The van der Waals surface area contributed by atoms with E-state index in [9.17, 15) is 0 Å². The van der Waals surface area contributed by atoms with Gasteiger partial charge in [-0.25, -0.2) is 0 Å². The third-order valence-corrected chi connectivity index (χ3v) is 1.89. The zero-order valence-electron chi connectivity index (χ0n) is 8.25. The molecule has 0 aliphatic heterocycles. The second-order valence-corrected chi connectivity index (χ2v) is 2.97. The molecule has 0 saturated carbocycles. The van der Waals surface area contributed by atoms with E-state index in [1.165, 1.54) is 0 Å². The van der Waals surface area contributed by atoms with Crippen LogP contribution in [0.2, 0.25) is 0 Å². The van der Waals surface area contributed by atoms with Gasteiger partial charge in [0.05, 0.1) is 11.7 Å². The molecule has 1 rings (SSSR count). The molecule has 2 heteroatoms. The maximum absolute atomic E-state index is 4.43. The minimum atomic E-state index is 0.171. The summed E-state index contributed by atoms with van der Waals surface area (Å²) in [5.41, 5.74) is 2.08. The molecule has 2 nitrogen and oxygen atoms in total. The van der Waals surface area contributed by atoms with Gasteiger partial charge >= 0.3 is 0 Å². The number of hydrogen-bond acceptors (Lipinski definition) is 2. The van der Waals surface area contributed by atoms with Crippen LogP contribution in [0.25, 0.3) is 0 Å². The van der Waals surface area contributed by atoms with E-state index in [1.807, 2.05) is 31.2 Å². The van der Waals surface area contributed by atoms with E-state index in [4.69, 9.17) is 0 Å². The number of nitrogens with one attached hydrogen (secondary N) is 1. The van der Waals surface area contributed by atoms with Crippen LogP contribution < -0.4 is 5.32 Å². The summed E-state index contributed by atoms with van der Waals surface area (Å²) < 4.78 is 0. The van der Waals surface area contributed by atoms with Crippen molar-refractivity contribution >= 4 is 0 Å². The highest BCUT2D eigenvalue weighted by atomic mass is 14.9. The molecule has 1 aromatic heterocycles. The molecular weight excluding hydrogens is 160 g/mol. The van der Waals surface area contributed by atoms with Crippen molar-refractivity contribution in [1.29, 1.82) is 0 Å². The van der Waals surface area contributed by atoms with Gasteiger partial charge in [0, 0.05) is 5.69 Å². The molecule has 1 atom stereocenters. The predicted molar refractivity (Wildman–Crippen MR) is 55.6 cm³/mol. The van der Waals surface area contributed by atoms with E-state index in [0.29, 0.717) is 0 Å². The molecule has 0 aliphatic carbocycles. The number of likely N-dealkylation sites (N-methyl/N-ethyl adjacent to an activating group) is 1. The van der Waals surface area contributed by atoms with E-state index in [2.05, 4.69) is 23.8 Å². The average Bonchev–Trinajstić information content (AvgIpc) is 2.14. The summed E-state index contributed by atoms with van der Waals surface area (Å²) >= 11 is 0. The fourth-order valence-corrected chi connectivity index (χ4v) is 1.27. The molecule has 1 aromatic rings. The molecule has 0 aliphatic rings. The molecule has 0 amide bonds. The van der Waals surface area contributed by atoms with E-state index in [0.717, 1.165) is 17.9 Å². The summed E-state index contributed by atoms with van der Waals surface area (Å²) in [5, 5.41) is 3.30. The lowest BCUT2D eigenvalue weighted by molar-refractivity contribution is 0.632. The summed E-state index contributed by atoms with van der Waals surface area (Å²) in [6.45, 7) is 8.78. The number of aryl methyl sites for hydroxylation is 1. The van der Waals surface area contributed by atoms with Crippen molar-refractivity contribution in [3.05, 3.63) is 42.2 Å². The number of hydrogen-bond donors (Lipinski definition) is 1. The number of aromatic nitrogens is 1. The molecule has 0 spiro atoms. The minimum Gasteiger partial charge on any atom is -0.306 e. The Morgan fingerprint density at radius 3 is 2.92 bits per heavy atom. The van der Waals surface area contributed by atoms with Crippen LogP contribution in [0.15, 0.2) is 30.9 Å². The van der Waals surface area contributed by atoms with Crippen LogP contribution in [0.5, 0.6) is 0 Å². The fourth-order valence-electron chi connectivity index (χ4n) is 1.27. The van der Waals surface area contributed by atoms with Crippen molar-refractivity contribution in [2.24, 2.45) is 0 Å². The van der Waals surface area contributed by atoms with E-state index in [-0.39, 0.29) is 6.04 Å². The summed E-state index contributed by atoms with van der Waals surface area (Å²) in [7, 11) is 0.